The van der Waals surface area contributed by atoms with E-state index in [0.29, 0.717) is 19.0 Å². The number of morpholine rings is 1. The van der Waals surface area contributed by atoms with Gasteiger partial charge in [0.2, 0.25) is 0 Å². The maximum Gasteiger partial charge on any atom is 0.410 e. The first-order valence-electron chi connectivity index (χ1n) is 5.02. The molecule has 16 heavy (non-hydrogen) atoms. The maximum atomic E-state index is 10.5. The summed E-state index contributed by atoms with van der Waals surface area (Å²) in [5.74, 6) is 1.20. The number of carbonyl (C=O) groups excluding carboxylic acids is 1. The highest BCUT2D eigenvalue weighted by atomic mass is 16.5. The summed E-state index contributed by atoms with van der Waals surface area (Å²) in [6.45, 7) is 3.06. The number of carbonyl (C=O) groups is 1. The van der Waals surface area contributed by atoms with E-state index in [9.17, 15) is 4.79 Å². The quantitative estimate of drug-likeness (QED) is 0.784. The second-order valence-corrected chi connectivity index (χ2v) is 3.37. The number of hydrogen-bond donors (Lipinski definition) is 1. The third-order valence-corrected chi connectivity index (χ3v) is 2.27. The summed E-state index contributed by atoms with van der Waals surface area (Å²) < 4.78 is 9.93. The van der Waals surface area contributed by atoms with Crippen molar-refractivity contribution in [1.29, 1.82) is 0 Å². The number of rotatable bonds is 2. The molecular formula is C10H13N3O3. The molecule has 1 aromatic heterocycles. The Kier molecular flexibility index (Phi) is 3.21. The predicted molar refractivity (Wildman–Crippen MR) is 57.5 cm³/mol. The van der Waals surface area contributed by atoms with E-state index in [0.717, 1.165) is 18.9 Å². The number of pyridine rings is 1. The molecule has 86 valence electrons. The topological polar surface area (TPSA) is 77.7 Å². The van der Waals surface area contributed by atoms with Gasteiger partial charge in [-0.25, -0.2) is 9.78 Å². The van der Waals surface area contributed by atoms with Gasteiger partial charge in [0.05, 0.1) is 19.4 Å². The molecule has 1 amide bonds. The molecule has 1 aromatic rings. The molecule has 0 radical (unpaired) electrons. The number of primary amides is 1. The van der Waals surface area contributed by atoms with Gasteiger partial charge < -0.3 is 20.1 Å². The zero-order valence-electron chi connectivity index (χ0n) is 8.76. The molecule has 0 atom stereocenters. The molecule has 2 N–H and O–H groups in total. The minimum Gasteiger partial charge on any atom is -0.409 e. The molecule has 1 aliphatic rings. The van der Waals surface area contributed by atoms with E-state index >= 15 is 0 Å². The minimum absolute atomic E-state index is 0.351. The van der Waals surface area contributed by atoms with Gasteiger partial charge in [-0.15, -0.1) is 0 Å². The zero-order chi connectivity index (χ0) is 11.4. The Bertz CT molecular complexity index is 360. The SMILES string of the molecule is NC(=O)Oc1ccc(N2CCOCC2)nc1. The van der Waals surface area contributed by atoms with Crippen molar-refractivity contribution >= 4 is 11.9 Å². The van der Waals surface area contributed by atoms with Crippen molar-refractivity contribution in [3.63, 3.8) is 0 Å². The lowest BCUT2D eigenvalue weighted by Gasteiger charge is -2.27. The maximum absolute atomic E-state index is 10.5. The molecule has 2 heterocycles. The molecule has 2 rings (SSSR count). The fraction of sp³-hybridized carbons (Fsp3) is 0.400. The van der Waals surface area contributed by atoms with E-state index in [4.69, 9.17) is 10.5 Å². The standard InChI is InChI=1S/C10H13N3O3/c11-10(14)16-8-1-2-9(12-7-8)13-3-5-15-6-4-13/h1-2,7H,3-6H2,(H2,11,14). The summed E-state index contributed by atoms with van der Waals surface area (Å²) in [5.41, 5.74) is 4.89. The number of hydrogen-bond acceptors (Lipinski definition) is 5. The Morgan fingerprint density at radius 3 is 2.75 bits per heavy atom. The van der Waals surface area contributed by atoms with Gasteiger partial charge in [0.15, 0.2) is 5.75 Å². The highest BCUT2D eigenvalue weighted by Gasteiger charge is 2.12. The van der Waals surface area contributed by atoms with Gasteiger partial charge in [-0.3, -0.25) is 0 Å². The molecule has 0 aromatic carbocycles. The molecule has 0 aliphatic carbocycles. The number of nitrogens with two attached hydrogens (primary N) is 1. The van der Waals surface area contributed by atoms with Gasteiger partial charge in [-0.1, -0.05) is 0 Å². The number of aromatic nitrogens is 1. The summed E-state index contributed by atoms with van der Waals surface area (Å²) in [6.07, 6.45) is 0.649. The lowest BCUT2D eigenvalue weighted by Crippen LogP contribution is -2.36. The normalized spacial score (nSPS) is 15.9. The van der Waals surface area contributed by atoms with E-state index in [-0.39, 0.29) is 0 Å². The van der Waals surface area contributed by atoms with Crippen LogP contribution in [0.4, 0.5) is 10.6 Å². The fourth-order valence-corrected chi connectivity index (χ4v) is 1.53. The van der Waals surface area contributed by atoms with Crippen molar-refractivity contribution in [1.82, 2.24) is 4.98 Å². The van der Waals surface area contributed by atoms with Gasteiger partial charge in [-0.2, -0.15) is 0 Å². The van der Waals surface area contributed by atoms with Crippen LogP contribution in [0.1, 0.15) is 0 Å². The summed E-state index contributed by atoms with van der Waals surface area (Å²) in [4.78, 5) is 16.8. The van der Waals surface area contributed by atoms with E-state index in [1.54, 1.807) is 12.1 Å². The van der Waals surface area contributed by atoms with E-state index < -0.39 is 6.09 Å². The van der Waals surface area contributed by atoms with Crippen molar-refractivity contribution < 1.29 is 14.3 Å². The number of ether oxygens (including phenoxy) is 2. The molecule has 0 unspecified atom stereocenters. The van der Waals surface area contributed by atoms with Crippen LogP contribution in [0.25, 0.3) is 0 Å². The van der Waals surface area contributed by atoms with Gasteiger partial charge in [0.1, 0.15) is 5.82 Å². The average Bonchev–Trinajstić information content (AvgIpc) is 2.30. The largest absolute Gasteiger partial charge is 0.410 e. The van der Waals surface area contributed by atoms with Crippen LogP contribution in [-0.2, 0) is 4.74 Å². The highest BCUT2D eigenvalue weighted by molar-refractivity contribution is 5.68. The van der Waals surface area contributed by atoms with Gasteiger partial charge in [0, 0.05) is 13.1 Å². The lowest BCUT2D eigenvalue weighted by atomic mass is 10.3. The minimum atomic E-state index is -0.832. The summed E-state index contributed by atoms with van der Waals surface area (Å²) in [5, 5.41) is 0. The van der Waals surface area contributed by atoms with Crippen molar-refractivity contribution in [3.05, 3.63) is 18.3 Å². The molecule has 1 saturated heterocycles. The Morgan fingerprint density at radius 2 is 2.19 bits per heavy atom. The number of nitrogens with zero attached hydrogens (tertiary/aromatic N) is 2. The van der Waals surface area contributed by atoms with Crippen LogP contribution in [0.5, 0.6) is 5.75 Å². The summed E-state index contributed by atoms with van der Waals surface area (Å²) in [7, 11) is 0. The van der Waals surface area contributed by atoms with Crippen LogP contribution in [0.15, 0.2) is 18.3 Å². The summed E-state index contributed by atoms with van der Waals surface area (Å²) >= 11 is 0. The van der Waals surface area contributed by atoms with Crippen LogP contribution in [0.3, 0.4) is 0 Å². The van der Waals surface area contributed by atoms with Crippen LogP contribution in [0, 0.1) is 0 Å². The smallest absolute Gasteiger partial charge is 0.409 e. The first kappa shape index (κ1) is 10.7. The Balaban J connectivity index is 2.03. The van der Waals surface area contributed by atoms with Gasteiger partial charge in [0.25, 0.3) is 0 Å². The van der Waals surface area contributed by atoms with Crippen LogP contribution >= 0.6 is 0 Å². The van der Waals surface area contributed by atoms with Crippen molar-refractivity contribution in [2.24, 2.45) is 5.73 Å². The second-order valence-electron chi connectivity index (χ2n) is 3.37. The first-order chi connectivity index (χ1) is 7.75. The van der Waals surface area contributed by atoms with Crippen LogP contribution < -0.4 is 15.4 Å². The van der Waals surface area contributed by atoms with E-state index in [2.05, 4.69) is 14.6 Å². The third kappa shape index (κ3) is 2.60. The zero-order valence-corrected chi connectivity index (χ0v) is 8.76. The van der Waals surface area contributed by atoms with Crippen LogP contribution in [0.2, 0.25) is 0 Å². The molecule has 6 nitrogen and oxygen atoms in total. The van der Waals surface area contributed by atoms with Gasteiger partial charge in [-0.05, 0) is 12.1 Å². The third-order valence-electron chi connectivity index (χ3n) is 2.27. The van der Waals surface area contributed by atoms with Gasteiger partial charge >= 0.3 is 6.09 Å². The number of anilines is 1. The molecular weight excluding hydrogens is 210 g/mol. The van der Waals surface area contributed by atoms with E-state index in [1.165, 1.54) is 6.20 Å². The van der Waals surface area contributed by atoms with Crippen LogP contribution in [-0.4, -0.2) is 37.4 Å². The average molecular weight is 223 g/mol. The molecule has 0 spiro atoms. The Morgan fingerprint density at radius 1 is 1.44 bits per heavy atom. The monoisotopic (exact) mass is 223 g/mol. The molecule has 0 saturated carbocycles. The molecule has 1 aliphatic heterocycles. The first-order valence-corrected chi connectivity index (χ1v) is 5.02. The van der Waals surface area contributed by atoms with E-state index in [1.807, 2.05) is 0 Å². The van der Waals surface area contributed by atoms with Crippen molar-refractivity contribution in [2.75, 3.05) is 31.2 Å². The lowest BCUT2D eigenvalue weighted by molar-refractivity contribution is 0.122. The molecule has 6 heteroatoms. The second kappa shape index (κ2) is 4.80. The Hall–Kier alpha value is -1.82. The Labute approximate surface area is 93.0 Å². The molecule has 1 fully saturated rings. The number of amides is 1. The summed E-state index contributed by atoms with van der Waals surface area (Å²) in [6, 6.07) is 3.46. The van der Waals surface area contributed by atoms with Crippen molar-refractivity contribution in [3.8, 4) is 5.75 Å². The highest BCUT2D eigenvalue weighted by Crippen LogP contribution is 2.16. The van der Waals surface area contributed by atoms with Crippen molar-refractivity contribution in [2.45, 2.75) is 0 Å². The fourth-order valence-electron chi connectivity index (χ4n) is 1.53. The molecule has 0 bridgehead atoms. The predicted octanol–water partition coefficient (Wildman–Crippen LogP) is 0.376.